The Kier molecular flexibility index (Phi) is 8.49. The van der Waals surface area contributed by atoms with Gasteiger partial charge in [-0.2, -0.15) is 0 Å². The van der Waals surface area contributed by atoms with Gasteiger partial charge in [0.1, 0.15) is 23.0 Å². The molecular weight excluding hydrogens is 478 g/mol. The predicted molar refractivity (Wildman–Crippen MR) is 139 cm³/mol. The van der Waals surface area contributed by atoms with Crippen LogP contribution in [0, 0.1) is 0 Å². The fourth-order valence-corrected chi connectivity index (χ4v) is 4.51. The molecule has 0 radical (unpaired) electrons. The van der Waals surface area contributed by atoms with Gasteiger partial charge in [0.05, 0.1) is 38.8 Å². The highest BCUT2D eigenvalue weighted by Gasteiger charge is 2.38. The summed E-state index contributed by atoms with van der Waals surface area (Å²) < 4.78 is 17.4. The summed E-state index contributed by atoms with van der Waals surface area (Å²) in [5, 5.41) is 12.4. The average molecular weight is 514 g/mol. The largest absolute Gasteiger partial charge is 0.496 e. The summed E-state index contributed by atoms with van der Waals surface area (Å²) in [7, 11) is 3.02. The van der Waals surface area contributed by atoms with E-state index in [1.165, 1.54) is 14.2 Å². The van der Waals surface area contributed by atoms with Crippen LogP contribution in [-0.4, -0.2) is 49.7 Å². The number of nitrogens with zero attached hydrogens (tertiary/aromatic N) is 1. The van der Waals surface area contributed by atoms with Crippen molar-refractivity contribution >= 4 is 17.8 Å². The molecule has 0 aliphatic carbocycles. The van der Waals surface area contributed by atoms with Gasteiger partial charge >= 0.3 is 5.97 Å². The maximum atomic E-state index is 12.7. The Morgan fingerprint density at radius 3 is 2.16 bits per heavy atom. The maximum absolute atomic E-state index is 12.7. The Morgan fingerprint density at radius 2 is 1.62 bits per heavy atom. The number of methoxy groups -OCH3 is 2. The second kappa shape index (κ2) is 11.4. The molecule has 1 aliphatic rings. The van der Waals surface area contributed by atoms with Gasteiger partial charge in [-0.25, -0.2) is 0 Å². The lowest BCUT2D eigenvalue weighted by atomic mass is 9.74. The van der Waals surface area contributed by atoms with Crippen molar-refractivity contribution in [1.29, 1.82) is 0 Å². The summed E-state index contributed by atoms with van der Waals surface area (Å²) in [5.41, 5.74) is 18.9. The highest BCUT2D eigenvalue weighted by molar-refractivity contribution is 5.82. The number of amides is 1. The number of hydrogen-bond acceptors (Lipinski definition) is 7. The summed E-state index contributed by atoms with van der Waals surface area (Å²) in [6.07, 6.45) is 0.684. The van der Waals surface area contributed by atoms with E-state index in [4.69, 9.17) is 31.4 Å². The molecule has 0 saturated heterocycles. The van der Waals surface area contributed by atoms with Gasteiger partial charge in [-0.05, 0) is 25.0 Å². The predicted octanol–water partition coefficient (Wildman–Crippen LogP) is 1.76. The van der Waals surface area contributed by atoms with E-state index in [1.807, 2.05) is 32.0 Å². The molecule has 8 N–H and O–H groups in total. The lowest BCUT2D eigenvalue weighted by Gasteiger charge is -2.37. The molecule has 0 fully saturated rings. The van der Waals surface area contributed by atoms with E-state index in [9.17, 15) is 14.7 Å². The Balaban J connectivity index is 1.94. The van der Waals surface area contributed by atoms with E-state index < -0.39 is 17.4 Å². The van der Waals surface area contributed by atoms with Crippen molar-refractivity contribution in [3.8, 4) is 23.0 Å². The summed E-state index contributed by atoms with van der Waals surface area (Å²) in [4.78, 5) is 28.3. The fourth-order valence-electron chi connectivity index (χ4n) is 4.51. The number of rotatable bonds is 11. The van der Waals surface area contributed by atoms with Crippen LogP contribution in [0.1, 0.15) is 48.9 Å². The number of carbonyl (C=O) groups is 2. The minimum Gasteiger partial charge on any atom is -0.496 e. The molecule has 37 heavy (non-hydrogen) atoms. The molecule has 1 atom stereocenters. The Labute approximate surface area is 216 Å². The molecule has 1 aliphatic heterocycles. The second-order valence-electron chi connectivity index (χ2n) is 9.32. The first-order valence-corrected chi connectivity index (χ1v) is 11.9. The highest BCUT2D eigenvalue weighted by Crippen LogP contribution is 2.53. The number of carbonyl (C=O) groups excluding carboxylic acids is 1. The number of guanidine groups is 1. The van der Waals surface area contributed by atoms with Gasteiger partial charge in [0.2, 0.25) is 5.91 Å². The molecule has 2 aromatic carbocycles. The normalized spacial score (nSPS) is 13.9. The number of ether oxygens (including phenoxy) is 3. The molecule has 200 valence electrons. The number of hydrogen-bond donors (Lipinski definition) is 5. The number of carboxylic acids is 1. The first-order valence-electron chi connectivity index (χ1n) is 11.9. The third kappa shape index (κ3) is 5.88. The molecule has 0 saturated carbocycles. The number of fused-ring (bicyclic) bond motifs is 2. The SMILES string of the molecule is COc1ccc2c(c1CNC(=O)[C@H](N)CCCN=C(N)N)Oc1c(ccc(OC)c1CC(=O)O)C2(C)C. The van der Waals surface area contributed by atoms with E-state index in [0.717, 1.165) is 11.1 Å². The quantitative estimate of drug-likeness (QED) is 0.170. The average Bonchev–Trinajstić information content (AvgIpc) is 2.84. The fraction of sp³-hybridized carbons (Fsp3) is 0.423. The van der Waals surface area contributed by atoms with Crippen LogP contribution < -0.4 is 36.7 Å². The smallest absolute Gasteiger partial charge is 0.308 e. The third-order valence-corrected chi connectivity index (χ3v) is 6.50. The monoisotopic (exact) mass is 513 g/mol. The standard InChI is InChI=1S/C26H35N5O6/c1-26(2)16-7-9-19(35-3)14(12-21(32)33)22(16)37-23-15(20(36-4)10-8-17(23)26)13-31-24(34)18(27)6-5-11-30-25(28)29/h7-10,18H,5-6,11-13,27H2,1-4H3,(H,31,34)(H,32,33)(H4,28,29,30)/t18-/m1/s1. The van der Waals surface area contributed by atoms with Crippen LogP contribution in [0.2, 0.25) is 0 Å². The Bertz CT molecular complexity index is 1210. The molecule has 0 spiro atoms. The Hall–Kier alpha value is -3.99. The summed E-state index contributed by atoms with van der Waals surface area (Å²) >= 11 is 0. The van der Waals surface area contributed by atoms with Gasteiger partial charge in [0.25, 0.3) is 0 Å². The van der Waals surface area contributed by atoms with E-state index in [2.05, 4.69) is 10.3 Å². The molecule has 2 aromatic rings. The lowest BCUT2D eigenvalue weighted by Crippen LogP contribution is -2.40. The first-order chi connectivity index (χ1) is 17.5. The topological polar surface area (TPSA) is 185 Å². The minimum atomic E-state index is -1.01. The molecule has 11 heteroatoms. The van der Waals surface area contributed by atoms with E-state index in [0.29, 0.717) is 53.5 Å². The Morgan fingerprint density at radius 1 is 1.05 bits per heavy atom. The third-order valence-electron chi connectivity index (χ3n) is 6.50. The second-order valence-corrected chi connectivity index (χ2v) is 9.32. The van der Waals surface area contributed by atoms with Crippen molar-refractivity contribution in [1.82, 2.24) is 5.32 Å². The molecule has 0 bridgehead atoms. The molecule has 1 amide bonds. The van der Waals surface area contributed by atoms with E-state index in [1.54, 1.807) is 6.07 Å². The van der Waals surface area contributed by atoms with Gasteiger partial charge in [0.15, 0.2) is 5.96 Å². The van der Waals surface area contributed by atoms with Crippen LogP contribution in [0.15, 0.2) is 29.3 Å². The number of aliphatic imine (C=N–C) groups is 1. The van der Waals surface area contributed by atoms with Crippen molar-refractivity contribution in [2.75, 3.05) is 20.8 Å². The van der Waals surface area contributed by atoms with Crippen LogP contribution in [0.4, 0.5) is 0 Å². The van der Waals surface area contributed by atoms with Crippen LogP contribution >= 0.6 is 0 Å². The molecule has 0 aromatic heterocycles. The van der Waals surface area contributed by atoms with Gasteiger partial charge in [-0.3, -0.25) is 14.6 Å². The zero-order valence-electron chi connectivity index (χ0n) is 21.6. The lowest BCUT2D eigenvalue weighted by molar-refractivity contribution is -0.136. The molecular formula is C26H35N5O6. The van der Waals surface area contributed by atoms with Crippen LogP contribution in [-0.2, 0) is 28.0 Å². The number of nitrogens with one attached hydrogen (secondary N) is 1. The van der Waals surface area contributed by atoms with Crippen molar-refractivity contribution in [2.24, 2.45) is 22.2 Å². The van der Waals surface area contributed by atoms with E-state index >= 15 is 0 Å². The first kappa shape index (κ1) is 27.6. The van der Waals surface area contributed by atoms with Crippen molar-refractivity contribution in [2.45, 2.75) is 51.1 Å². The van der Waals surface area contributed by atoms with Crippen LogP contribution in [0.5, 0.6) is 23.0 Å². The zero-order chi connectivity index (χ0) is 27.3. The highest BCUT2D eigenvalue weighted by atomic mass is 16.5. The van der Waals surface area contributed by atoms with Crippen molar-refractivity contribution < 1.29 is 28.9 Å². The van der Waals surface area contributed by atoms with Crippen LogP contribution in [0.25, 0.3) is 0 Å². The summed E-state index contributed by atoms with van der Waals surface area (Å²) in [6.45, 7) is 4.54. The molecule has 11 nitrogen and oxygen atoms in total. The maximum Gasteiger partial charge on any atom is 0.308 e. The summed E-state index contributed by atoms with van der Waals surface area (Å²) in [6, 6.07) is 6.64. The minimum absolute atomic E-state index is 0.00685. The molecule has 3 rings (SSSR count). The van der Waals surface area contributed by atoms with Crippen LogP contribution in [0.3, 0.4) is 0 Å². The number of benzene rings is 2. The number of carboxylic acid groups (broad SMARTS) is 1. The molecule has 0 unspecified atom stereocenters. The number of aliphatic carboxylic acids is 1. The summed E-state index contributed by atoms with van der Waals surface area (Å²) in [5.74, 6) is 0.508. The molecule has 1 heterocycles. The number of nitrogens with two attached hydrogens (primary N) is 3. The van der Waals surface area contributed by atoms with Crippen molar-refractivity contribution in [3.05, 3.63) is 46.5 Å². The van der Waals surface area contributed by atoms with Gasteiger partial charge in [-0.1, -0.05) is 26.0 Å². The van der Waals surface area contributed by atoms with Gasteiger partial charge in [-0.15, -0.1) is 0 Å². The van der Waals surface area contributed by atoms with Gasteiger partial charge < -0.3 is 41.8 Å². The zero-order valence-corrected chi connectivity index (χ0v) is 21.6. The van der Waals surface area contributed by atoms with E-state index in [-0.39, 0.29) is 24.8 Å². The van der Waals surface area contributed by atoms with Crippen molar-refractivity contribution in [3.63, 3.8) is 0 Å². The van der Waals surface area contributed by atoms with Gasteiger partial charge in [0, 0.05) is 28.7 Å².